The third-order valence-electron chi connectivity index (χ3n) is 9.26. The summed E-state index contributed by atoms with van der Waals surface area (Å²) in [5.41, 5.74) is -7.22. The van der Waals surface area contributed by atoms with E-state index in [-0.39, 0.29) is 39.0 Å². The Morgan fingerprint density at radius 3 is 1.81 bits per heavy atom. The van der Waals surface area contributed by atoms with Crippen LogP contribution in [0, 0.1) is 6.92 Å². The molecule has 15 nitrogen and oxygen atoms in total. The lowest BCUT2D eigenvalue weighted by molar-refractivity contribution is -0.177. The van der Waals surface area contributed by atoms with Gasteiger partial charge in [-0.2, -0.15) is 8.42 Å². The second-order valence-electron chi connectivity index (χ2n) is 11.8. The van der Waals surface area contributed by atoms with Gasteiger partial charge in [0.15, 0.2) is 5.60 Å². The molecule has 47 heavy (non-hydrogen) atoms. The van der Waals surface area contributed by atoms with Crippen LogP contribution in [0.1, 0.15) is 29.2 Å². The molecule has 0 spiro atoms. The molecule has 0 saturated heterocycles. The van der Waals surface area contributed by atoms with Gasteiger partial charge in [0, 0.05) is 16.7 Å². The summed E-state index contributed by atoms with van der Waals surface area (Å²) < 4.78 is 34.5. The van der Waals surface area contributed by atoms with Gasteiger partial charge >= 0.3 is 23.9 Å². The Hall–Kier alpha value is -5.03. The maximum atomic E-state index is 14.2. The lowest BCUT2D eigenvalue weighted by Gasteiger charge is -2.68. The predicted octanol–water partition coefficient (Wildman–Crippen LogP) is 1.27. The van der Waals surface area contributed by atoms with Gasteiger partial charge in [0.25, 0.3) is 10.1 Å². The monoisotopic (exact) mass is 668 g/mol. The van der Waals surface area contributed by atoms with Crippen LogP contribution in [0.5, 0.6) is 5.75 Å². The number of benzene rings is 2. The quantitative estimate of drug-likeness (QED) is 0.175. The molecule has 6 N–H and O–H groups in total. The van der Waals surface area contributed by atoms with Crippen LogP contribution >= 0.6 is 0 Å². The number of fused-ring (bicyclic) bond motifs is 5. The molecule has 0 saturated carbocycles. The number of aryl methyl sites for hydroxylation is 1. The Morgan fingerprint density at radius 2 is 1.30 bits per heavy atom. The van der Waals surface area contributed by atoms with Gasteiger partial charge in [-0.05, 0) is 54.3 Å². The van der Waals surface area contributed by atoms with Gasteiger partial charge in [-0.3, -0.25) is 29.0 Å². The minimum Gasteiger partial charge on any atom is -0.507 e. The number of hydrogen-bond acceptors (Lipinski definition) is 11. The van der Waals surface area contributed by atoms with Crippen molar-refractivity contribution < 1.29 is 62.4 Å². The Labute approximate surface area is 266 Å². The minimum absolute atomic E-state index is 0.0912. The van der Waals surface area contributed by atoms with Gasteiger partial charge < -0.3 is 30.6 Å². The number of allylic oxidation sites excluding steroid dienone is 2. The molecule has 4 bridgehead atoms. The number of rotatable bonds is 12. The number of phenols is 1. The SMILES string of the molecule is Cc1cc2cc(c1O)[C@@]2(N(CC(=O)O)CC(=O)O)C1([C@@]2(N(CC(=O)O)CC(=O)O)c3cc(C)c(O)c2c3)OS(=O)(=O)c2ccccc21. The van der Waals surface area contributed by atoms with Crippen molar-refractivity contribution >= 4 is 34.0 Å². The molecule has 16 heteroatoms. The van der Waals surface area contributed by atoms with E-state index < -0.39 is 93.3 Å². The molecule has 1 aliphatic heterocycles. The summed E-state index contributed by atoms with van der Waals surface area (Å²) >= 11 is 0. The molecule has 3 atom stereocenters. The van der Waals surface area contributed by atoms with Crippen molar-refractivity contribution in [3.8, 4) is 5.75 Å². The summed E-state index contributed by atoms with van der Waals surface area (Å²) in [5.74, 6) is -7.12. The minimum atomic E-state index is -4.88. The first-order chi connectivity index (χ1) is 22.0. The van der Waals surface area contributed by atoms with E-state index in [1.807, 2.05) is 0 Å². The van der Waals surface area contributed by atoms with Gasteiger partial charge in [-0.15, -0.1) is 0 Å². The smallest absolute Gasteiger partial charge is 0.317 e. The fraction of sp³-hybridized carbons (Fsp3) is 0.290. The number of hydrogen-bond donors (Lipinski definition) is 6. The maximum Gasteiger partial charge on any atom is 0.317 e. The van der Waals surface area contributed by atoms with Crippen molar-refractivity contribution in [3.63, 3.8) is 0 Å². The van der Waals surface area contributed by atoms with Crippen molar-refractivity contribution in [2.24, 2.45) is 0 Å². The Kier molecular flexibility index (Phi) is 6.95. The first kappa shape index (κ1) is 31.9. The maximum absolute atomic E-state index is 14.2. The standard InChI is InChI=1S/C31H28N2O13S/c1-15-7-17-9-20(27(15)42)29(17,32(11-23(34)35)12-24(36)37)31(19-5-3-4-6-22(19)47(44,45)46-31)30(33(13-25(38)39)14-26(40)41)18-8-16(2)28(43)21(30)10-18/h3-10,42-43H,11-14H2,1-2H3,(H,34,35)(H,36,37)(H,38,39)(H,40,41)/t29-,30-/m1/s1. The van der Waals surface area contributed by atoms with Gasteiger partial charge in [-0.1, -0.05) is 30.3 Å². The van der Waals surface area contributed by atoms with Crippen LogP contribution in [-0.4, -0.2) is 104 Å². The van der Waals surface area contributed by atoms with Crippen LogP contribution in [0.25, 0.3) is 0 Å². The Bertz CT molecular complexity index is 2000. The zero-order chi connectivity index (χ0) is 34.4. The van der Waals surface area contributed by atoms with E-state index >= 15 is 0 Å². The Balaban J connectivity index is 1.87. The largest absolute Gasteiger partial charge is 0.507 e. The number of aromatic hydroxyl groups is 1. The number of phenolic OH excluding ortho intramolecular Hbond substituents is 1. The zero-order valence-corrected chi connectivity index (χ0v) is 25.6. The van der Waals surface area contributed by atoms with Crippen LogP contribution in [0.15, 0.2) is 75.9 Å². The molecule has 0 aromatic heterocycles. The molecule has 2 aromatic rings. The molecule has 246 valence electrons. The van der Waals surface area contributed by atoms with Gasteiger partial charge in [0.1, 0.15) is 27.5 Å². The average molecular weight is 669 g/mol. The summed E-state index contributed by atoms with van der Waals surface area (Å²) in [6.07, 6.45) is 2.78. The highest BCUT2D eigenvalue weighted by Gasteiger charge is 2.81. The highest BCUT2D eigenvalue weighted by molar-refractivity contribution is 7.87. The summed E-state index contributed by atoms with van der Waals surface area (Å²) in [4.78, 5) is 51.1. The van der Waals surface area contributed by atoms with E-state index in [1.54, 1.807) is 0 Å². The van der Waals surface area contributed by atoms with E-state index in [2.05, 4.69) is 0 Å². The number of aliphatic hydroxyl groups excluding tert-OH is 1. The third kappa shape index (κ3) is 3.92. The van der Waals surface area contributed by atoms with Crippen molar-refractivity contribution in [1.29, 1.82) is 0 Å². The summed E-state index contributed by atoms with van der Waals surface area (Å²) in [7, 11) is -4.88. The molecule has 0 fully saturated rings. The van der Waals surface area contributed by atoms with Crippen LogP contribution < -0.4 is 0 Å². The van der Waals surface area contributed by atoms with E-state index in [0.717, 1.165) is 9.80 Å². The molecule has 1 heterocycles. The molecule has 4 aliphatic carbocycles. The second-order valence-corrected chi connectivity index (χ2v) is 13.3. The van der Waals surface area contributed by atoms with Crippen LogP contribution in [0.3, 0.4) is 0 Å². The number of carboxylic acid groups (broad SMARTS) is 4. The van der Waals surface area contributed by atoms with Crippen molar-refractivity contribution in [3.05, 3.63) is 93.3 Å². The highest BCUT2D eigenvalue weighted by atomic mass is 32.2. The molecule has 1 unspecified atom stereocenters. The van der Waals surface area contributed by atoms with Crippen molar-refractivity contribution in [2.75, 3.05) is 26.2 Å². The first-order valence-electron chi connectivity index (χ1n) is 14.1. The fourth-order valence-corrected chi connectivity index (χ4v) is 9.34. The zero-order valence-electron chi connectivity index (χ0n) is 24.8. The van der Waals surface area contributed by atoms with E-state index in [9.17, 15) is 58.2 Å². The number of carboxylic acids is 4. The van der Waals surface area contributed by atoms with Crippen LogP contribution in [0.2, 0.25) is 0 Å². The highest BCUT2D eigenvalue weighted by Crippen LogP contribution is 2.73. The van der Waals surface area contributed by atoms with E-state index in [0.29, 0.717) is 0 Å². The molecule has 5 aliphatic rings. The number of aliphatic hydroxyl groups is 1. The van der Waals surface area contributed by atoms with Gasteiger partial charge in [0.2, 0.25) is 0 Å². The number of nitrogens with zero attached hydrogens (tertiary/aromatic N) is 2. The number of aliphatic carboxylic acids is 4. The predicted molar refractivity (Wildman–Crippen MR) is 158 cm³/mol. The fourth-order valence-electron chi connectivity index (χ4n) is 7.86. The lowest BCUT2D eigenvalue weighted by Crippen LogP contribution is -2.80. The van der Waals surface area contributed by atoms with Crippen LogP contribution in [0.4, 0.5) is 0 Å². The van der Waals surface area contributed by atoms with E-state index in [4.69, 9.17) is 4.18 Å². The number of carbonyl (C=O) groups is 4. The second kappa shape index (κ2) is 10.2. The molecule has 0 radical (unpaired) electrons. The molecular formula is C31H28N2O13S. The summed E-state index contributed by atoms with van der Waals surface area (Å²) in [6.45, 7) is -1.23. The first-order valence-corrected chi connectivity index (χ1v) is 15.5. The topological polar surface area (TPSA) is 240 Å². The third-order valence-corrected chi connectivity index (χ3v) is 10.6. The Morgan fingerprint density at radius 1 is 0.766 bits per heavy atom. The van der Waals surface area contributed by atoms with Gasteiger partial charge in [-0.25, -0.2) is 4.18 Å². The average Bonchev–Trinajstić information content (AvgIpc) is 3.17. The van der Waals surface area contributed by atoms with Crippen molar-refractivity contribution in [1.82, 2.24) is 9.80 Å². The molecular weight excluding hydrogens is 640 g/mol. The lowest BCUT2D eigenvalue weighted by atomic mass is 9.45. The van der Waals surface area contributed by atoms with Crippen molar-refractivity contribution in [2.45, 2.75) is 35.4 Å². The molecule has 0 amide bonds. The normalized spacial score (nSPS) is 26.2. The molecule has 7 rings (SSSR count). The van der Waals surface area contributed by atoms with Gasteiger partial charge in [0.05, 0.1) is 26.2 Å². The van der Waals surface area contributed by atoms with E-state index in [1.165, 1.54) is 62.4 Å². The van der Waals surface area contributed by atoms with Crippen LogP contribution in [-0.2, 0) is 44.6 Å². The summed E-state index contributed by atoms with van der Waals surface area (Å²) in [6, 6.07) is 8.07. The summed E-state index contributed by atoms with van der Waals surface area (Å²) in [5, 5.41) is 63.5. The molecule has 2 aromatic carbocycles.